The molecule has 3 rings (SSSR count). The first kappa shape index (κ1) is 23.3. The Bertz CT molecular complexity index is 1080. The third-order valence-corrected chi connectivity index (χ3v) is 5.80. The molecule has 0 aromatic heterocycles. The predicted molar refractivity (Wildman–Crippen MR) is 128 cm³/mol. The fourth-order valence-electron chi connectivity index (χ4n) is 3.99. The first-order valence-corrected chi connectivity index (χ1v) is 11.3. The molecule has 0 amide bonds. The normalized spacial score (nSPS) is 10.8. The molecule has 32 heavy (non-hydrogen) atoms. The van der Waals surface area contributed by atoms with Gasteiger partial charge in [-0.15, -0.1) is 0 Å². The molecule has 0 aliphatic rings. The lowest BCUT2D eigenvalue weighted by molar-refractivity contribution is 0.0652. The third-order valence-electron chi connectivity index (χ3n) is 5.80. The standard InChI is InChI=1S/C28H30O4/c1-3-5-7-19-9-13-21(14-10-19)23-17-18-24(27(29)30)26(28(31)32)25(23)22-15-11-20(12-16-22)8-6-4-2/h9-18H,3-8H2,1-2H3,(H,29,30)(H,31,32). The Hall–Kier alpha value is -3.40. The van der Waals surface area contributed by atoms with E-state index >= 15 is 0 Å². The highest BCUT2D eigenvalue weighted by Crippen LogP contribution is 2.37. The summed E-state index contributed by atoms with van der Waals surface area (Å²) >= 11 is 0. The molecular formula is C28H30O4. The topological polar surface area (TPSA) is 74.6 Å². The van der Waals surface area contributed by atoms with E-state index in [9.17, 15) is 19.8 Å². The Morgan fingerprint density at radius 2 is 1.16 bits per heavy atom. The zero-order valence-corrected chi connectivity index (χ0v) is 18.7. The van der Waals surface area contributed by atoms with E-state index in [0.717, 1.165) is 49.7 Å². The van der Waals surface area contributed by atoms with Gasteiger partial charge in [-0.2, -0.15) is 0 Å². The molecule has 4 heteroatoms. The van der Waals surface area contributed by atoms with Gasteiger partial charge in [0.1, 0.15) is 0 Å². The molecule has 3 aromatic carbocycles. The van der Waals surface area contributed by atoms with Crippen LogP contribution < -0.4 is 0 Å². The summed E-state index contributed by atoms with van der Waals surface area (Å²) in [6.45, 7) is 4.30. The van der Waals surface area contributed by atoms with Crippen molar-refractivity contribution in [3.05, 3.63) is 82.9 Å². The van der Waals surface area contributed by atoms with Crippen LogP contribution in [0.4, 0.5) is 0 Å². The molecule has 166 valence electrons. The maximum absolute atomic E-state index is 12.2. The Balaban J connectivity index is 2.16. The summed E-state index contributed by atoms with van der Waals surface area (Å²) in [6, 6.07) is 19.0. The first-order valence-electron chi connectivity index (χ1n) is 11.3. The minimum atomic E-state index is -1.25. The second-order valence-corrected chi connectivity index (χ2v) is 8.12. The summed E-state index contributed by atoms with van der Waals surface area (Å²) in [4.78, 5) is 24.0. The lowest BCUT2D eigenvalue weighted by Gasteiger charge is -2.16. The summed E-state index contributed by atoms with van der Waals surface area (Å²) < 4.78 is 0. The molecule has 2 N–H and O–H groups in total. The van der Waals surface area contributed by atoms with Crippen molar-refractivity contribution in [2.24, 2.45) is 0 Å². The minimum absolute atomic E-state index is 0.175. The molecule has 0 fully saturated rings. The molecule has 3 aromatic rings. The van der Waals surface area contributed by atoms with Crippen molar-refractivity contribution >= 4 is 11.9 Å². The minimum Gasteiger partial charge on any atom is -0.478 e. The number of aryl methyl sites for hydroxylation is 2. The molecule has 4 nitrogen and oxygen atoms in total. The SMILES string of the molecule is CCCCc1ccc(-c2ccc(C(=O)O)c(C(=O)O)c2-c2ccc(CCCC)cc2)cc1. The lowest BCUT2D eigenvalue weighted by atomic mass is 9.87. The monoisotopic (exact) mass is 430 g/mol. The number of benzene rings is 3. The second kappa shape index (κ2) is 10.8. The number of hydrogen-bond donors (Lipinski definition) is 2. The molecular weight excluding hydrogens is 400 g/mol. The molecule has 0 heterocycles. The van der Waals surface area contributed by atoms with Crippen LogP contribution >= 0.6 is 0 Å². The Morgan fingerprint density at radius 3 is 1.59 bits per heavy atom. The van der Waals surface area contributed by atoms with Crippen LogP contribution in [0.5, 0.6) is 0 Å². The van der Waals surface area contributed by atoms with Crippen molar-refractivity contribution in [1.29, 1.82) is 0 Å². The lowest BCUT2D eigenvalue weighted by Crippen LogP contribution is -2.11. The van der Waals surface area contributed by atoms with E-state index in [0.29, 0.717) is 11.1 Å². The molecule has 0 saturated carbocycles. The predicted octanol–water partition coefficient (Wildman–Crippen LogP) is 7.10. The molecule has 0 saturated heterocycles. The van der Waals surface area contributed by atoms with E-state index in [1.165, 1.54) is 17.2 Å². The van der Waals surface area contributed by atoms with Gasteiger partial charge in [-0.25, -0.2) is 9.59 Å². The van der Waals surface area contributed by atoms with Crippen LogP contribution in [0, 0.1) is 0 Å². The van der Waals surface area contributed by atoms with Gasteiger partial charge in [-0.1, -0.05) is 81.3 Å². The van der Waals surface area contributed by atoms with Gasteiger partial charge in [0.25, 0.3) is 0 Å². The molecule has 0 spiro atoms. The highest BCUT2D eigenvalue weighted by Gasteiger charge is 2.24. The van der Waals surface area contributed by atoms with Crippen LogP contribution in [0.3, 0.4) is 0 Å². The van der Waals surface area contributed by atoms with Crippen molar-refractivity contribution in [1.82, 2.24) is 0 Å². The number of aromatic carboxylic acids is 2. The summed E-state index contributed by atoms with van der Waals surface area (Å²) in [7, 11) is 0. The van der Waals surface area contributed by atoms with E-state index in [1.807, 2.05) is 36.4 Å². The van der Waals surface area contributed by atoms with E-state index in [4.69, 9.17) is 0 Å². The maximum atomic E-state index is 12.2. The van der Waals surface area contributed by atoms with Gasteiger partial charge in [0.15, 0.2) is 0 Å². The van der Waals surface area contributed by atoms with Crippen molar-refractivity contribution < 1.29 is 19.8 Å². The molecule has 0 aliphatic carbocycles. The fraction of sp³-hybridized carbons (Fsp3) is 0.286. The van der Waals surface area contributed by atoms with E-state index in [-0.39, 0.29) is 11.1 Å². The molecule has 0 aliphatic heterocycles. The smallest absolute Gasteiger partial charge is 0.337 e. The average Bonchev–Trinajstić information content (AvgIpc) is 2.81. The summed E-state index contributed by atoms with van der Waals surface area (Å²) in [5.74, 6) is -2.49. The molecule has 0 radical (unpaired) electrons. The molecule has 0 unspecified atom stereocenters. The van der Waals surface area contributed by atoms with E-state index in [2.05, 4.69) is 26.0 Å². The van der Waals surface area contributed by atoms with Crippen LogP contribution in [0.15, 0.2) is 60.7 Å². The molecule has 0 bridgehead atoms. The second-order valence-electron chi connectivity index (χ2n) is 8.12. The highest BCUT2D eigenvalue weighted by atomic mass is 16.4. The van der Waals surface area contributed by atoms with Gasteiger partial charge in [-0.05, 0) is 59.6 Å². The average molecular weight is 431 g/mol. The molecule has 0 atom stereocenters. The van der Waals surface area contributed by atoms with Crippen molar-refractivity contribution in [2.45, 2.75) is 52.4 Å². The Labute approximate surface area is 189 Å². The van der Waals surface area contributed by atoms with Gasteiger partial charge in [-0.3, -0.25) is 0 Å². The van der Waals surface area contributed by atoms with Crippen LogP contribution in [0.1, 0.15) is 71.4 Å². The number of hydrogen-bond acceptors (Lipinski definition) is 2. The van der Waals surface area contributed by atoms with E-state index in [1.54, 1.807) is 6.07 Å². The van der Waals surface area contributed by atoms with Crippen molar-refractivity contribution in [2.75, 3.05) is 0 Å². The van der Waals surface area contributed by atoms with E-state index < -0.39 is 11.9 Å². The maximum Gasteiger partial charge on any atom is 0.337 e. The largest absolute Gasteiger partial charge is 0.478 e. The summed E-state index contributed by atoms with van der Waals surface area (Å²) in [5, 5.41) is 19.6. The summed E-state index contributed by atoms with van der Waals surface area (Å²) in [6.07, 6.45) is 6.39. The van der Waals surface area contributed by atoms with Gasteiger partial charge in [0, 0.05) is 5.56 Å². The number of carboxylic acid groups (broad SMARTS) is 2. The third kappa shape index (κ3) is 5.25. The Kier molecular flexibility index (Phi) is 7.82. The zero-order valence-electron chi connectivity index (χ0n) is 18.7. The van der Waals surface area contributed by atoms with Crippen LogP contribution in [0.2, 0.25) is 0 Å². The van der Waals surface area contributed by atoms with Crippen LogP contribution in [-0.4, -0.2) is 22.2 Å². The zero-order chi connectivity index (χ0) is 23.1. The van der Waals surface area contributed by atoms with Crippen LogP contribution in [-0.2, 0) is 12.8 Å². The quantitative estimate of drug-likeness (QED) is 0.360. The number of unbranched alkanes of at least 4 members (excludes halogenated alkanes) is 2. The Morgan fingerprint density at radius 1 is 0.656 bits per heavy atom. The number of carbonyl (C=O) groups is 2. The first-order chi connectivity index (χ1) is 15.5. The number of rotatable bonds is 10. The van der Waals surface area contributed by atoms with Gasteiger partial charge in [0.05, 0.1) is 11.1 Å². The van der Waals surface area contributed by atoms with Crippen molar-refractivity contribution in [3.63, 3.8) is 0 Å². The number of carboxylic acids is 2. The van der Waals surface area contributed by atoms with Gasteiger partial charge in [0.2, 0.25) is 0 Å². The van der Waals surface area contributed by atoms with Gasteiger partial charge < -0.3 is 10.2 Å². The van der Waals surface area contributed by atoms with Crippen LogP contribution in [0.25, 0.3) is 22.3 Å². The summed E-state index contributed by atoms with van der Waals surface area (Å²) in [5.41, 5.74) is 4.78. The fourth-order valence-corrected chi connectivity index (χ4v) is 3.99. The van der Waals surface area contributed by atoms with Gasteiger partial charge >= 0.3 is 11.9 Å². The van der Waals surface area contributed by atoms with Crippen molar-refractivity contribution in [3.8, 4) is 22.3 Å². The highest BCUT2D eigenvalue weighted by molar-refractivity contribution is 6.09.